The second-order valence-electron chi connectivity index (χ2n) is 4.00. The predicted molar refractivity (Wildman–Crippen MR) is 69.1 cm³/mol. The van der Waals surface area contributed by atoms with E-state index in [2.05, 4.69) is 23.2 Å². The van der Waals surface area contributed by atoms with Gasteiger partial charge in [0.2, 0.25) is 0 Å². The van der Waals surface area contributed by atoms with Gasteiger partial charge in [-0.2, -0.15) is 0 Å². The number of rotatable bonds is 3. The molecule has 3 aromatic rings. The van der Waals surface area contributed by atoms with Crippen LogP contribution in [0.4, 0.5) is 0 Å². The molecule has 2 heteroatoms. The number of benzene rings is 2. The summed E-state index contributed by atoms with van der Waals surface area (Å²) in [6.45, 7) is 0.608. The van der Waals surface area contributed by atoms with Gasteiger partial charge in [-0.3, -0.25) is 0 Å². The molecule has 1 heterocycles. The molecule has 17 heavy (non-hydrogen) atoms. The summed E-state index contributed by atoms with van der Waals surface area (Å²) in [5.74, 6) is 0.904. The molecular formula is C15H13NO. The number of aromatic amines is 1. The Hall–Kier alpha value is -2.22. The van der Waals surface area contributed by atoms with Crippen LogP contribution < -0.4 is 4.74 Å². The third kappa shape index (κ3) is 2.16. The summed E-state index contributed by atoms with van der Waals surface area (Å²) in [6.07, 6.45) is 1.94. The first-order valence-corrected chi connectivity index (χ1v) is 5.66. The summed E-state index contributed by atoms with van der Waals surface area (Å²) in [4.78, 5) is 3.16. The average Bonchev–Trinajstić information content (AvgIpc) is 2.85. The third-order valence-electron chi connectivity index (χ3n) is 2.77. The summed E-state index contributed by atoms with van der Waals surface area (Å²) in [5.41, 5.74) is 2.32. The van der Waals surface area contributed by atoms with Crippen LogP contribution in [0, 0.1) is 0 Å². The standard InChI is InChI=1S/C15H13NO/c1-2-4-12(5-3-1)11-17-14-6-7-15-13(10-14)8-9-16-15/h1-10,16H,11H2/i9+1. The Morgan fingerprint density at radius 2 is 1.82 bits per heavy atom. The van der Waals surface area contributed by atoms with Crippen molar-refractivity contribution in [2.45, 2.75) is 6.61 Å². The van der Waals surface area contributed by atoms with Crippen LogP contribution in [0.1, 0.15) is 5.56 Å². The highest BCUT2D eigenvalue weighted by Gasteiger charge is 1.98. The normalized spacial score (nSPS) is 10.6. The Labute approximate surface area is 99.9 Å². The first-order chi connectivity index (χ1) is 8.42. The predicted octanol–water partition coefficient (Wildman–Crippen LogP) is 3.75. The van der Waals surface area contributed by atoms with Gasteiger partial charge < -0.3 is 9.72 Å². The minimum absolute atomic E-state index is 0.608. The first-order valence-electron chi connectivity index (χ1n) is 5.66. The van der Waals surface area contributed by atoms with Crippen LogP contribution in [0.3, 0.4) is 0 Å². The van der Waals surface area contributed by atoms with Crippen molar-refractivity contribution in [3.63, 3.8) is 0 Å². The van der Waals surface area contributed by atoms with Crippen LogP contribution in [0.25, 0.3) is 10.9 Å². The second kappa shape index (κ2) is 4.34. The first kappa shape index (κ1) is 9.97. The van der Waals surface area contributed by atoms with Crippen molar-refractivity contribution in [3.05, 3.63) is 66.4 Å². The van der Waals surface area contributed by atoms with Gasteiger partial charge in [-0.1, -0.05) is 30.3 Å². The maximum absolute atomic E-state index is 5.76. The minimum atomic E-state index is 0.608. The van der Waals surface area contributed by atoms with Gasteiger partial charge in [-0.25, -0.2) is 0 Å². The Bertz CT molecular complexity index is 613. The highest BCUT2D eigenvalue weighted by Crippen LogP contribution is 2.20. The SMILES string of the molecule is c1ccc(COc2ccc3[nH][13cH]cc3c2)cc1. The number of nitrogens with one attached hydrogen (secondary N) is 1. The largest absolute Gasteiger partial charge is 0.489 e. The quantitative estimate of drug-likeness (QED) is 0.720. The molecule has 0 unspecified atom stereocenters. The van der Waals surface area contributed by atoms with Gasteiger partial charge in [0.15, 0.2) is 0 Å². The fourth-order valence-electron chi connectivity index (χ4n) is 1.86. The van der Waals surface area contributed by atoms with Crippen molar-refractivity contribution in [2.75, 3.05) is 0 Å². The highest BCUT2D eigenvalue weighted by atomic mass is 16.5. The average molecular weight is 224 g/mol. The minimum Gasteiger partial charge on any atom is -0.489 e. The number of hydrogen-bond donors (Lipinski definition) is 1. The van der Waals surface area contributed by atoms with Gasteiger partial charge in [-0.05, 0) is 29.8 Å². The number of fused-ring (bicyclic) bond motifs is 1. The summed E-state index contributed by atoms with van der Waals surface area (Å²) < 4.78 is 5.76. The summed E-state index contributed by atoms with van der Waals surface area (Å²) >= 11 is 0. The number of ether oxygens (including phenoxy) is 1. The Balaban J connectivity index is 1.76. The lowest BCUT2D eigenvalue weighted by molar-refractivity contribution is 0.306. The van der Waals surface area contributed by atoms with Crippen molar-refractivity contribution in [1.82, 2.24) is 4.98 Å². The van der Waals surface area contributed by atoms with E-state index in [1.807, 2.05) is 42.6 Å². The van der Waals surface area contributed by atoms with E-state index in [4.69, 9.17) is 4.74 Å². The fourth-order valence-corrected chi connectivity index (χ4v) is 1.86. The molecule has 84 valence electrons. The number of hydrogen-bond acceptors (Lipinski definition) is 1. The van der Waals surface area contributed by atoms with E-state index in [1.54, 1.807) is 0 Å². The Morgan fingerprint density at radius 3 is 2.71 bits per heavy atom. The van der Waals surface area contributed by atoms with E-state index in [9.17, 15) is 0 Å². The van der Waals surface area contributed by atoms with Crippen molar-refractivity contribution >= 4 is 10.9 Å². The Morgan fingerprint density at radius 1 is 0.941 bits per heavy atom. The van der Waals surface area contributed by atoms with E-state index in [1.165, 1.54) is 10.9 Å². The zero-order valence-corrected chi connectivity index (χ0v) is 9.39. The maximum Gasteiger partial charge on any atom is 0.120 e. The molecule has 0 bridgehead atoms. The van der Waals surface area contributed by atoms with Crippen molar-refractivity contribution < 1.29 is 4.74 Å². The molecule has 0 spiro atoms. The van der Waals surface area contributed by atoms with Gasteiger partial charge >= 0.3 is 0 Å². The van der Waals surface area contributed by atoms with Gasteiger partial charge in [0.25, 0.3) is 0 Å². The van der Waals surface area contributed by atoms with Crippen molar-refractivity contribution in [1.29, 1.82) is 0 Å². The van der Waals surface area contributed by atoms with Gasteiger partial charge in [0.05, 0.1) is 0 Å². The van der Waals surface area contributed by atoms with E-state index in [0.29, 0.717) is 6.61 Å². The van der Waals surface area contributed by atoms with Crippen LogP contribution in [-0.4, -0.2) is 4.98 Å². The van der Waals surface area contributed by atoms with Gasteiger partial charge in [-0.15, -0.1) is 0 Å². The van der Waals surface area contributed by atoms with E-state index in [-0.39, 0.29) is 0 Å². The van der Waals surface area contributed by atoms with E-state index < -0.39 is 0 Å². The molecule has 0 saturated carbocycles. The molecule has 0 aliphatic carbocycles. The lowest BCUT2D eigenvalue weighted by Crippen LogP contribution is -1.94. The van der Waals surface area contributed by atoms with Crippen LogP contribution >= 0.6 is 0 Å². The topological polar surface area (TPSA) is 25.0 Å². The molecule has 0 saturated heterocycles. The summed E-state index contributed by atoms with van der Waals surface area (Å²) in [7, 11) is 0. The molecule has 0 amide bonds. The molecule has 0 radical (unpaired) electrons. The van der Waals surface area contributed by atoms with Crippen molar-refractivity contribution in [2.24, 2.45) is 0 Å². The van der Waals surface area contributed by atoms with Crippen molar-refractivity contribution in [3.8, 4) is 5.75 Å². The maximum atomic E-state index is 5.76. The van der Waals surface area contributed by atoms with Crippen LogP contribution in [0.5, 0.6) is 5.75 Å². The molecule has 0 aliphatic heterocycles. The third-order valence-corrected chi connectivity index (χ3v) is 2.77. The molecule has 0 aliphatic rings. The van der Waals surface area contributed by atoms with Crippen LogP contribution in [0.2, 0.25) is 0 Å². The Kier molecular flexibility index (Phi) is 2.54. The smallest absolute Gasteiger partial charge is 0.120 e. The molecule has 0 atom stereocenters. The highest BCUT2D eigenvalue weighted by molar-refractivity contribution is 5.80. The van der Waals surface area contributed by atoms with Gasteiger partial charge in [0.1, 0.15) is 12.4 Å². The summed E-state index contributed by atoms with van der Waals surface area (Å²) in [5, 5.41) is 1.18. The fraction of sp³-hybridized carbons (Fsp3) is 0.0667. The number of aromatic nitrogens is 1. The lowest BCUT2D eigenvalue weighted by atomic mass is 10.2. The molecular weight excluding hydrogens is 211 g/mol. The van der Waals surface area contributed by atoms with Crippen LogP contribution in [0.15, 0.2) is 60.8 Å². The number of H-pyrrole nitrogens is 1. The zero-order chi connectivity index (χ0) is 11.5. The monoisotopic (exact) mass is 224 g/mol. The lowest BCUT2D eigenvalue weighted by Gasteiger charge is -2.06. The summed E-state index contributed by atoms with van der Waals surface area (Å²) in [6, 6.07) is 18.3. The van der Waals surface area contributed by atoms with Crippen LogP contribution in [-0.2, 0) is 6.61 Å². The van der Waals surface area contributed by atoms with E-state index >= 15 is 0 Å². The molecule has 3 rings (SSSR count). The molecule has 2 aromatic carbocycles. The molecule has 1 aromatic heterocycles. The molecule has 2 nitrogen and oxygen atoms in total. The molecule has 1 N–H and O–H groups in total. The second-order valence-corrected chi connectivity index (χ2v) is 4.00. The van der Waals surface area contributed by atoms with Gasteiger partial charge in [0, 0.05) is 17.1 Å². The molecule has 0 fully saturated rings. The van der Waals surface area contributed by atoms with E-state index in [0.717, 1.165) is 11.3 Å². The zero-order valence-electron chi connectivity index (χ0n) is 9.39.